The average molecular weight is 233 g/mol. The number of halogens is 2. The predicted octanol–water partition coefficient (Wildman–Crippen LogP) is 2.43. The maximum atomic E-state index is 5.86. The third-order valence-corrected chi connectivity index (χ3v) is 2.25. The number of rotatable bonds is 5. The van der Waals surface area contributed by atoms with Gasteiger partial charge in [-0.2, -0.15) is 0 Å². The Balaban J connectivity index is 2.42. The molecule has 1 rings (SSSR count). The van der Waals surface area contributed by atoms with Gasteiger partial charge in [-0.25, -0.2) is 0 Å². The average Bonchev–Trinajstić information content (AvgIpc) is 2.11. The second-order valence-electron chi connectivity index (χ2n) is 3.10. The molecule has 0 heterocycles. The second kappa shape index (κ2) is 6.25. The molecule has 0 aliphatic heterocycles. The summed E-state index contributed by atoms with van der Waals surface area (Å²) in [5, 5.41) is 4.61. The lowest BCUT2D eigenvalue weighted by molar-refractivity contribution is 0.655. The van der Waals surface area contributed by atoms with Crippen molar-refractivity contribution >= 4 is 23.2 Å². The largest absolute Gasteiger partial charge is 0.330 e. The highest BCUT2D eigenvalue weighted by atomic mass is 35.5. The summed E-state index contributed by atoms with van der Waals surface area (Å²) in [4.78, 5) is 0. The molecule has 0 saturated heterocycles. The van der Waals surface area contributed by atoms with Crippen molar-refractivity contribution in [2.75, 3.05) is 13.1 Å². The van der Waals surface area contributed by atoms with Crippen molar-refractivity contribution < 1.29 is 0 Å². The van der Waals surface area contributed by atoms with Crippen molar-refractivity contribution in [1.82, 2.24) is 5.32 Å². The normalized spacial score (nSPS) is 10.5. The van der Waals surface area contributed by atoms with Gasteiger partial charge in [-0.15, -0.1) is 0 Å². The third-order valence-electron chi connectivity index (χ3n) is 1.81. The molecule has 0 atom stereocenters. The fraction of sp³-hybridized carbons (Fsp3) is 0.400. The first-order valence-electron chi connectivity index (χ1n) is 4.58. The molecule has 2 nitrogen and oxygen atoms in total. The van der Waals surface area contributed by atoms with Crippen LogP contribution < -0.4 is 11.1 Å². The zero-order chi connectivity index (χ0) is 10.4. The van der Waals surface area contributed by atoms with Gasteiger partial charge in [0, 0.05) is 16.6 Å². The minimum absolute atomic E-state index is 0.674. The lowest BCUT2D eigenvalue weighted by Crippen LogP contribution is -2.17. The van der Waals surface area contributed by atoms with E-state index in [2.05, 4.69) is 5.32 Å². The van der Waals surface area contributed by atoms with Gasteiger partial charge in [0.2, 0.25) is 0 Å². The Kier molecular flexibility index (Phi) is 5.26. The number of nitrogens with two attached hydrogens (primary N) is 1. The minimum Gasteiger partial charge on any atom is -0.330 e. The fourth-order valence-corrected chi connectivity index (χ4v) is 1.74. The number of hydrogen-bond donors (Lipinski definition) is 2. The van der Waals surface area contributed by atoms with Gasteiger partial charge in [-0.05, 0) is 43.3 Å². The van der Waals surface area contributed by atoms with Crippen molar-refractivity contribution in [3.63, 3.8) is 0 Å². The highest BCUT2D eigenvalue weighted by molar-refractivity contribution is 6.34. The quantitative estimate of drug-likeness (QED) is 0.766. The maximum absolute atomic E-state index is 5.86. The Bertz CT molecular complexity index is 269. The van der Waals surface area contributed by atoms with Gasteiger partial charge in [-0.1, -0.05) is 23.2 Å². The Morgan fingerprint density at radius 3 is 2.36 bits per heavy atom. The molecule has 0 saturated carbocycles. The monoisotopic (exact) mass is 232 g/mol. The van der Waals surface area contributed by atoms with E-state index in [1.165, 1.54) is 0 Å². The van der Waals surface area contributed by atoms with Crippen LogP contribution in [-0.4, -0.2) is 13.1 Å². The summed E-state index contributed by atoms with van der Waals surface area (Å²) in [5.74, 6) is 0. The van der Waals surface area contributed by atoms with Crippen LogP contribution in [0.25, 0.3) is 0 Å². The van der Waals surface area contributed by atoms with E-state index in [0.29, 0.717) is 16.6 Å². The van der Waals surface area contributed by atoms with Gasteiger partial charge in [0.1, 0.15) is 0 Å². The predicted molar refractivity (Wildman–Crippen MR) is 61.8 cm³/mol. The van der Waals surface area contributed by atoms with Gasteiger partial charge in [0.15, 0.2) is 0 Å². The Morgan fingerprint density at radius 2 is 1.79 bits per heavy atom. The summed E-state index contributed by atoms with van der Waals surface area (Å²) in [6.45, 7) is 2.41. The van der Waals surface area contributed by atoms with Gasteiger partial charge in [0.05, 0.1) is 0 Å². The minimum atomic E-state index is 0.674. The molecule has 1 aromatic rings. The summed E-state index contributed by atoms with van der Waals surface area (Å²) >= 11 is 11.7. The van der Waals surface area contributed by atoms with Crippen molar-refractivity contribution in [2.24, 2.45) is 5.73 Å². The highest BCUT2D eigenvalue weighted by Crippen LogP contribution is 2.18. The molecular formula is C10H14Cl2N2. The maximum Gasteiger partial charge on any atom is 0.0424 e. The first-order valence-corrected chi connectivity index (χ1v) is 5.33. The van der Waals surface area contributed by atoms with E-state index >= 15 is 0 Å². The Morgan fingerprint density at radius 1 is 1.14 bits per heavy atom. The first kappa shape index (κ1) is 11.8. The molecule has 0 aliphatic rings. The molecule has 78 valence electrons. The summed E-state index contributed by atoms with van der Waals surface area (Å²) in [7, 11) is 0. The van der Waals surface area contributed by atoms with E-state index in [1.807, 2.05) is 12.1 Å². The van der Waals surface area contributed by atoms with Crippen molar-refractivity contribution in [2.45, 2.75) is 13.0 Å². The zero-order valence-corrected chi connectivity index (χ0v) is 9.41. The molecule has 0 unspecified atom stereocenters. The third kappa shape index (κ3) is 4.29. The molecule has 14 heavy (non-hydrogen) atoms. The van der Waals surface area contributed by atoms with Crippen LogP contribution >= 0.6 is 23.2 Å². The van der Waals surface area contributed by atoms with Crippen LogP contribution in [0.5, 0.6) is 0 Å². The van der Waals surface area contributed by atoms with E-state index in [4.69, 9.17) is 28.9 Å². The van der Waals surface area contributed by atoms with Crippen molar-refractivity contribution in [3.05, 3.63) is 33.8 Å². The molecule has 0 aromatic heterocycles. The topological polar surface area (TPSA) is 38.0 Å². The Hall–Kier alpha value is -0.280. The molecule has 0 radical (unpaired) electrons. The molecule has 0 spiro atoms. The molecule has 4 heteroatoms. The summed E-state index contributed by atoms with van der Waals surface area (Å²) in [6, 6.07) is 5.54. The summed E-state index contributed by atoms with van der Waals surface area (Å²) < 4.78 is 0. The molecule has 1 aromatic carbocycles. The van der Waals surface area contributed by atoms with Crippen LogP contribution in [0.3, 0.4) is 0 Å². The van der Waals surface area contributed by atoms with E-state index in [0.717, 1.165) is 25.1 Å². The number of nitrogens with one attached hydrogen (secondary N) is 1. The first-order chi connectivity index (χ1) is 6.72. The van der Waals surface area contributed by atoms with Crippen molar-refractivity contribution in [1.29, 1.82) is 0 Å². The molecule has 0 aliphatic carbocycles. The molecule has 0 bridgehead atoms. The van der Waals surface area contributed by atoms with E-state index < -0.39 is 0 Å². The van der Waals surface area contributed by atoms with Gasteiger partial charge >= 0.3 is 0 Å². The van der Waals surface area contributed by atoms with Crippen LogP contribution in [0.1, 0.15) is 12.0 Å². The summed E-state index contributed by atoms with van der Waals surface area (Å²) in [5.41, 5.74) is 6.47. The van der Waals surface area contributed by atoms with Crippen molar-refractivity contribution in [3.8, 4) is 0 Å². The van der Waals surface area contributed by atoms with Crippen LogP contribution in [0.15, 0.2) is 18.2 Å². The summed E-state index contributed by atoms with van der Waals surface area (Å²) in [6.07, 6.45) is 0.980. The second-order valence-corrected chi connectivity index (χ2v) is 3.97. The highest BCUT2D eigenvalue weighted by Gasteiger charge is 1.97. The zero-order valence-electron chi connectivity index (χ0n) is 7.89. The Labute approximate surface area is 94.4 Å². The van der Waals surface area contributed by atoms with E-state index in [9.17, 15) is 0 Å². The molecule has 0 amide bonds. The van der Waals surface area contributed by atoms with Crippen LogP contribution in [0.4, 0.5) is 0 Å². The smallest absolute Gasteiger partial charge is 0.0424 e. The van der Waals surface area contributed by atoms with Crippen LogP contribution in [0.2, 0.25) is 10.0 Å². The lowest BCUT2D eigenvalue weighted by Gasteiger charge is -2.05. The van der Waals surface area contributed by atoms with E-state index in [1.54, 1.807) is 6.07 Å². The van der Waals surface area contributed by atoms with Crippen LogP contribution in [-0.2, 0) is 6.54 Å². The van der Waals surface area contributed by atoms with Gasteiger partial charge < -0.3 is 11.1 Å². The molecule has 0 fully saturated rings. The number of benzene rings is 1. The SMILES string of the molecule is NCCCNCc1cc(Cl)cc(Cl)c1. The van der Waals surface area contributed by atoms with Crippen LogP contribution in [0, 0.1) is 0 Å². The lowest BCUT2D eigenvalue weighted by atomic mass is 10.2. The van der Waals surface area contributed by atoms with E-state index in [-0.39, 0.29) is 0 Å². The standard InChI is InChI=1S/C10H14Cl2N2/c11-9-4-8(5-10(12)6-9)7-14-3-1-2-13/h4-6,14H,1-3,7,13H2. The van der Waals surface area contributed by atoms with Gasteiger partial charge in [-0.3, -0.25) is 0 Å². The number of hydrogen-bond acceptors (Lipinski definition) is 2. The van der Waals surface area contributed by atoms with Gasteiger partial charge in [0.25, 0.3) is 0 Å². The molecular weight excluding hydrogens is 219 g/mol. The fourth-order valence-electron chi connectivity index (χ4n) is 1.17. The molecule has 3 N–H and O–H groups in total.